The second kappa shape index (κ2) is 10.4. The molecule has 1 saturated heterocycles. The number of hydrogen-bond acceptors (Lipinski definition) is 5. The summed E-state index contributed by atoms with van der Waals surface area (Å²) in [7, 11) is 0. The molecular formula is C30H28N2O5. The van der Waals surface area contributed by atoms with Gasteiger partial charge in [-0.3, -0.25) is 19.3 Å². The third-order valence-corrected chi connectivity index (χ3v) is 7.06. The van der Waals surface area contributed by atoms with Crippen LogP contribution >= 0.6 is 0 Å². The lowest BCUT2D eigenvalue weighted by Gasteiger charge is -2.30. The summed E-state index contributed by atoms with van der Waals surface area (Å²) in [6.45, 7) is 1.88. The van der Waals surface area contributed by atoms with Gasteiger partial charge in [0.25, 0.3) is 11.8 Å². The van der Waals surface area contributed by atoms with Crippen LogP contribution in [0.3, 0.4) is 0 Å². The number of carbonyl (C=O) groups excluding carboxylic acids is 4. The molecule has 1 fully saturated rings. The molecule has 0 spiro atoms. The number of rotatable bonds is 8. The third kappa shape index (κ3) is 4.89. The first kappa shape index (κ1) is 24.4. The highest BCUT2D eigenvalue weighted by molar-refractivity contribution is 6.21. The van der Waals surface area contributed by atoms with E-state index in [-0.39, 0.29) is 30.7 Å². The molecule has 0 saturated carbocycles. The van der Waals surface area contributed by atoms with E-state index < -0.39 is 24.1 Å². The van der Waals surface area contributed by atoms with E-state index in [4.69, 9.17) is 4.74 Å². The second-order valence-corrected chi connectivity index (χ2v) is 9.63. The fourth-order valence-corrected chi connectivity index (χ4v) is 5.22. The molecule has 0 unspecified atom stereocenters. The normalized spacial score (nSPS) is 18.5. The van der Waals surface area contributed by atoms with Crippen LogP contribution in [0.2, 0.25) is 0 Å². The van der Waals surface area contributed by atoms with E-state index in [9.17, 15) is 19.2 Å². The molecule has 0 radical (unpaired) electrons. The van der Waals surface area contributed by atoms with Crippen molar-refractivity contribution in [1.29, 1.82) is 0 Å². The topological polar surface area (TPSA) is 84.0 Å². The molecule has 7 heteroatoms. The van der Waals surface area contributed by atoms with Gasteiger partial charge in [-0.1, -0.05) is 79.7 Å². The van der Waals surface area contributed by atoms with Gasteiger partial charge in [-0.05, 0) is 42.5 Å². The van der Waals surface area contributed by atoms with Crippen LogP contribution in [0.1, 0.15) is 45.2 Å². The van der Waals surface area contributed by atoms with Gasteiger partial charge in [0.1, 0.15) is 6.61 Å². The summed E-state index contributed by atoms with van der Waals surface area (Å²) >= 11 is 0. The highest BCUT2D eigenvalue weighted by Gasteiger charge is 2.43. The number of hydrogen-bond donors (Lipinski definition) is 0. The van der Waals surface area contributed by atoms with Crippen molar-refractivity contribution in [2.24, 2.45) is 5.92 Å². The van der Waals surface area contributed by atoms with Gasteiger partial charge in [0, 0.05) is 12.0 Å². The molecule has 5 rings (SSSR count). The molecule has 2 aliphatic rings. The van der Waals surface area contributed by atoms with Crippen molar-refractivity contribution in [2.75, 3.05) is 6.61 Å². The Labute approximate surface area is 215 Å². The van der Waals surface area contributed by atoms with Crippen LogP contribution in [0.15, 0.2) is 84.9 Å². The van der Waals surface area contributed by atoms with E-state index in [2.05, 4.69) is 0 Å². The first-order valence-corrected chi connectivity index (χ1v) is 12.5. The van der Waals surface area contributed by atoms with Crippen molar-refractivity contribution in [3.8, 4) is 0 Å². The van der Waals surface area contributed by atoms with Gasteiger partial charge in [0.2, 0.25) is 5.91 Å². The van der Waals surface area contributed by atoms with Gasteiger partial charge >= 0.3 is 6.09 Å². The Morgan fingerprint density at radius 1 is 0.838 bits per heavy atom. The summed E-state index contributed by atoms with van der Waals surface area (Å²) in [5, 5.41) is 0. The lowest BCUT2D eigenvalue weighted by Crippen LogP contribution is -2.47. The molecule has 0 N–H and O–H groups in total. The molecule has 0 bridgehead atoms. The Morgan fingerprint density at radius 3 is 1.97 bits per heavy atom. The largest absolute Gasteiger partial charge is 0.447 e. The lowest BCUT2D eigenvalue weighted by molar-refractivity contribution is -0.133. The van der Waals surface area contributed by atoms with E-state index in [0.29, 0.717) is 24.0 Å². The number of carbonyl (C=O) groups is 4. The molecular weight excluding hydrogens is 468 g/mol. The second-order valence-electron chi connectivity index (χ2n) is 9.63. The van der Waals surface area contributed by atoms with Crippen molar-refractivity contribution < 1.29 is 23.9 Å². The van der Waals surface area contributed by atoms with Crippen LogP contribution in [0.4, 0.5) is 4.79 Å². The van der Waals surface area contributed by atoms with Gasteiger partial charge < -0.3 is 4.74 Å². The zero-order chi connectivity index (χ0) is 25.9. The summed E-state index contributed by atoms with van der Waals surface area (Å²) < 4.78 is 5.25. The first-order valence-electron chi connectivity index (χ1n) is 12.5. The quantitative estimate of drug-likeness (QED) is 0.429. The van der Waals surface area contributed by atoms with Crippen molar-refractivity contribution in [3.63, 3.8) is 0 Å². The lowest BCUT2D eigenvalue weighted by atomic mass is 9.93. The Bertz CT molecular complexity index is 1290. The number of imide groups is 2. The summed E-state index contributed by atoms with van der Waals surface area (Å²) in [5.41, 5.74) is 2.70. The zero-order valence-electron chi connectivity index (χ0n) is 20.6. The Hall–Kier alpha value is -4.26. The standard InChI is InChI=1S/C30H28N2O5/c1-20(27(33)32-24(19-37-30(32)36)18-22-12-6-3-7-13-22)16-23(17-21-10-4-2-5-11-21)31-28(34)25-14-8-9-15-26(25)29(31)35/h2-15,20,23-24H,16-19H2,1H3/t20-,23+,24+/m0/s1. The monoisotopic (exact) mass is 496 g/mol. The van der Waals surface area contributed by atoms with Gasteiger partial charge in [-0.25, -0.2) is 9.69 Å². The summed E-state index contributed by atoms with van der Waals surface area (Å²) in [6.07, 6.45) is 0.470. The van der Waals surface area contributed by atoms with Crippen LogP contribution in [-0.2, 0) is 22.4 Å². The molecule has 2 heterocycles. The Balaban J connectivity index is 1.38. The van der Waals surface area contributed by atoms with E-state index in [1.54, 1.807) is 31.2 Å². The highest BCUT2D eigenvalue weighted by atomic mass is 16.6. The van der Waals surface area contributed by atoms with Crippen LogP contribution in [-0.4, -0.2) is 52.3 Å². The van der Waals surface area contributed by atoms with Crippen molar-refractivity contribution in [2.45, 2.75) is 38.3 Å². The van der Waals surface area contributed by atoms with E-state index in [1.165, 1.54) is 9.80 Å². The van der Waals surface area contributed by atoms with Gasteiger partial charge in [0.15, 0.2) is 0 Å². The number of fused-ring (bicyclic) bond motifs is 1. The highest BCUT2D eigenvalue weighted by Crippen LogP contribution is 2.30. The number of ether oxygens (including phenoxy) is 1. The molecule has 3 atom stereocenters. The van der Waals surface area contributed by atoms with Crippen molar-refractivity contribution >= 4 is 23.8 Å². The predicted molar refractivity (Wildman–Crippen MR) is 137 cm³/mol. The maximum absolute atomic E-state index is 13.6. The fourth-order valence-electron chi connectivity index (χ4n) is 5.22. The summed E-state index contributed by atoms with van der Waals surface area (Å²) in [6, 6.07) is 25.0. The maximum atomic E-state index is 13.6. The minimum atomic E-state index is -0.655. The minimum Gasteiger partial charge on any atom is -0.447 e. The Kier molecular flexibility index (Phi) is 6.86. The molecule has 3 aromatic carbocycles. The van der Waals surface area contributed by atoms with Crippen LogP contribution in [0.25, 0.3) is 0 Å². The number of cyclic esters (lactones) is 1. The van der Waals surface area contributed by atoms with E-state index >= 15 is 0 Å². The predicted octanol–water partition coefficient (Wildman–Crippen LogP) is 4.51. The zero-order valence-corrected chi connectivity index (χ0v) is 20.6. The molecule has 0 aliphatic carbocycles. The molecule has 4 amide bonds. The van der Waals surface area contributed by atoms with Crippen LogP contribution in [0.5, 0.6) is 0 Å². The van der Waals surface area contributed by atoms with Gasteiger partial charge in [-0.2, -0.15) is 0 Å². The number of amides is 4. The van der Waals surface area contributed by atoms with E-state index in [0.717, 1.165) is 11.1 Å². The molecule has 37 heavy (non-hydrogen) atoms. The summed E-state index contributed by atoms with van der Waals surface area (Å²) in [4.78, 5) is 55.2. The number of benzene rings is 3. The SMILES string of the molecule is C[C@@H](C[C@H](Cc1ccccc1)N1C(=O)c2ccccc2C1=O)C(=O)N1C(=O)OC[C@H]1Cc1ccccc1. The average molecular weight is 497 g/mol. The molecule has 2 aliphatic heterocycles. The van der Waals surface area contributed by atoms with Crippen molar-refractivity contribution in [1.82, 2.24) is 9.80 Å². The number of nitrogens with zero attached hydrogens (tertiary/aromatic N) is 2. The molecule has 0 aromatic heterocycles. The minimum absolute atomic E-state index is 0.137. The average Bonchev–Trinajstić information content (AvgIpc) is 3.40. The molecule has 188 valence electrons. The Morgan fingerprint density at radius 2 is 1.38 bits per heavy atom. The molecule has 3 aromatic rings. The summed E-state index contributed by atoms with van der Waals surface area (Å²) in [5.74, 6) is -1.70. The van der Waals surface area contributed by atoms with Crippen molar-refractivity contribution in [3.05, 3.63) is 107 Å². The van der Waals surface area contributed by atoms with Crippen LogP contribution < -0.4 is 0 Å². The molecule has 7 nitrogen and oxygen atoms in total. The van der Waals surface area contributed by atoms with Gasteiger partial charge in [0.05, 0.1) is 17.2 Å². The smallest absolute Gasteiger partial charge is 0.416 e. The van der Waals surface area contributed by atoms with E-state index in [1.807, 2.05) is 60.7 Å². The van der Waals surface area contributed by atoms with Crippen LogP contribution in [0, 0.1) is 5.92 Å². The van der Waals surface area contributed by atoms with Gasteiger partial charge in [-0.15, -0.1) is 0 Å². The third-order valence-electron chi connectivity index (χ3n) is 7.06. The first-order chi connectivity index (χ1) is 17.9. The fraction of sp³-hybridized carbons (Fsp3) is 0.267. The maximum Gasteiger partial charge on any atom is 0.416 e.